The first-order chi connectivity index (χ1) is 19.3. The van der Waals surface area contributed by atoms with E-state index in [-0.39, 0.29) is 44.3 Å². The summed E-state index contributed by atoms with van der Waals surface area (Å²) in [4.78, 5) is 24.7. The van der Waals surface area contributed by atoms with Gasteiger partial charge in [0.2, 0.25) is 5.82 Å². The highest BCUT2D eigenvalue weighted by Gasteiger charge is 2.31. The summed E-state index contributed by atoms with van der Waals surface area (Å²) in [7, 11) is 0. The number of nitrogens with two attached hydrogens (primary N) is 1. The van der Waals surface area contributed by atoms with Crippen LogP contribution in [0.4, 0.5) is 19.4 Å². The maximum Gasteiger partial charge on any atom is 0.410 e. The molecule has 1 amide bonds. The number of carbonyl (C=O) groups is 1. The van der Waals surface area contributed by atoms with Gasteiger partial charge in [-0.05, 0) is 69.0 Å². The third kappa shape index (κ3) is 7.36. The molecule has 2 saturated heterocycles. The molecule has 0 bridgehead atoms. The third-order valence-corrected chi connectivity index (χ3v) is 7.29. The van der Waals surface area contributed by atoms with Crippen molar-refractivity contribution in [3.8, 4) is 11.4 Å². The van der Waals surface area contributed by atoms with Crippen LogP contribution in [0.1, 0.15) is 57.9 Å². The quantitative estimate of drug-likeness (QED) is 0.422. The van der Waals surface area contributed by atoms with Crippen LogP contribution in [-0.4, -0.2) is 70.5 Å². The zero-order valence-corrected chi connectivity index (χ0v) is 22.6. The zero-order valence-electron chi connectivity index (χ0n) is 22.6. The van der Waals surface area contributed by atoms with Gasteiger partial charge in [0.15, 0.2) is 0 Å². The highest BCUT2D eigenvalue weighted by Crippen LogP contribution is 2.32. The Morgan fingerprint density at radius 2 is 1.93 bits per heavy atom. The van der Waals surface area contributed by atoms with E-state index in [9.17, 15) is 13.6 Å². The minimum atomic E-state index is -0.467. The number of anilines is 1. The molecule has 0 saturated carbocycles. The molecule has 0 spiro atoms. The van der Waals surface area contributed by atoms with E-state index in [0.29, 0.717) is 68.3 Å². The molecule has 1 aromatic carbocycles. The predicted molar refractivity (Wildman–Crippen MR) is 149 cm³/mol. The number of piperidine rings is 2. The number of rotatable bonds is 7. The Bertz CT molecular complexity index is 1300. The van der Waals surface area contributed by atoms with Gasteiger partial charge in [-0.1, -0.05) is 12.6 Å². The second-order valence-electron chi connectivity index (χ2n) is 10.5. The first kappa shape index (κ1) is 30.3. The normalized spacial score (nSPS) is 19.8. The standard InChI is InChI=1S/C28H34F2N6O4.CH4/c1-17(2)39-28(37)35-10-7-20(8-11-35)38-16-26-33-27(34-40-26)18-3-6-25(32-14-18)36-12-9-21(24(31)15-36)22-13-19(29)4-5-23(22)30;/h3-6,13-14,17,20-21,24H,7-12,15-16,31H2,1-2H3;1H4/t21-,24+;/m1./s1. The molecule has 41 heavy (non-hydrogen) atoms. The van der Waals surface area contributed by atoms with Crippen LogP contribution in [-0.2, 0) is 16.1 Å². The molecule has 2 aromatic heterocycles. The van der Waals surface area contributed by atoms with Crippen molar-refractivity contribution in [2.75, 3.05) is 31.1 Å². The Kier molecular flexibility index (Phi) is 9.87. The number of carbonyl (C=O) groups excluding carboxylic acids is 1. The van der Waals surface area contributed by atoms with Gasteiger partial charge in [0.1, 0.15) is 24.1 Å². The van der Waals surface area contributed by atoms with Gasteiger partial charge >= 0.3 is 6.09 Å². The van der Waals surface area contributed by atoms with E-state index < -0.39 is 11.6 Å². The number of hydrogen-bond donors (Lipinski definition) is 1. The van der Waals surface area contributed by atoms with Gasteiger partial charge in [-0.3, -0.25) is 0 Å². The molecule has 5 rings (SSSR count). The van der Waals surface area contributed by atoms with Crippen LogP contribution in [0.5, 0.6) is 0 Å². The van der Waals surface area contributed by atoms with Crippen molar-refractivity contribution in [1.29, 1.82) is 0 Å². The molecule has 2 atom stereocenters. The van der Waals surface area contributed by atoms with Crippen LogP contribution in [0, 0.1) is 11.6 Å². The largest absolute Gasteiger partial charge is 0.447 e. The van der Waals surface area contributed by atoms with Crippen LogP contribution in [0.15, 0.2) is 41.1 Å². The maximum absolute atomic E-state index is 14.3. The fourth-order valence-electron chi connectivity index (χ4n) is 5.18. The van der Waals surface area contributed by atoms with Gasteiger partial charge in [0.05, 0.1) is 12.2 Å². The lowest BCUT2D eigenvalue weighted by Gasteiger charge is -2.37. The number of halogens is 2. The van der Waals surface area contributed by atoms with Crippen molar-refractivity contribution in [3.05, 3.63) is 59.6 Å². The van der Waals surface area contributed by atoms with Crippen LogP contribution < -0.4 is 10.6 Å². The molecule has 3 aromatic rings. The minimum absolute atomic E-state index is 0. The Balaban J connectivity index is 0.00000387. The summed E-state index contributed by atoms with van der Waals surface area (Å²) >= 11 is 0. The second kappa shape index (κ2) is 13.3. The van der Waals surface area contributed by atoms with Gasteiger partial charge in [-0.25, -0.2) is 18.6 Å². The zero-order chi connectivity index (χ0) is 28.2. The Morgan fingerprint density at radius 1 is 1.15 bits per heavy atom. The summed E-state index contributed by atoms with van der Waals surface area (Å²) < 4.78 is 44.5. The predicted octanol–water partition coefficient (Wildman–Crippen LogP) is 4.89. The first-order valence-electron chi connectivity index (χ1n) is 13.6. The van der Waals surface area contributed by atoms with Crippen LogP contribution in [0.3, 0.4) is 0 Å². The topological polar surface area (TPSA) is 120 Å². The number of aromatic nitrogens is 3. The van der Waals surface area contributed by atoms with E-state index in [4.69, 9.17) is 19.7 Å². The highest BCUT2D eigenvalue weighted by atomic mass is 19.1. The smallest absolute Gasteiger partial charge is 0.410 e. The molecule has 0 radical (unpaired) electrons. The molecule has 2 aliphatic rings. The number of likely N-dealkylation sites (tertiary alicyclic amines) is 1. The average Bonchev–Trinajstić information content (AvgIpc) is 3.42. The highest BCUT2D eigenvalue weighted by molar-refractivity contribution is 5.67. The van der Waals surface area contributed by atoms with Crippen molar-refractivity contribution < 1.29 is 27.6 Å². The van der Waals surface area contributed by atoms with Crippen molar-refractivity contribution in [2.24, 2.45) is 5.73 Å². The lowest BCUT2D eigenvalue weighted by molar-refractivity contribution is -0.0147. The van der Waals surface area contributed by atoms with Gasteiger partial charge in [-0.2, -0.15) is 4.98 Å². The van der Waals surface area contributed by atoms with Gasteiger partial charge in [0.25, 0.3) is 5.89 Å². The summed E-state index contributed by atoms with van der Waals surface area (Å²) in [5.41, 5.74) is 7.39. The average molecular weight is 573 g/mol. The number of ether oxygens (including phenoxy) is 2. The summed E-state index contributed by atoms with van der Waals surface area (Å²) in [5, 5.41) is 4.05. The third-order valence-electron chi connectivity index (χ3n) is 7.29. The molecule has 0 unspecified atom stereocenters. The van der Waals surface area contributed by atoms with Gasteiger partial charge in [0, 0.05) is 49.9 Å². The molecule has 12 heteroatoms. The molecule has 0 aliphatic carbocycles. The van der Waals surface area contributed by atoms with Crippen molar-refractivity contribution in [2.45, 2.75) is 71.3 Å². The minimum Gasteiger partial charge on any atom is -0.447 e. The summed E-state index contributed by atoms with van der Waals surface area (Å²) in [6.45, 7) is 6.07. The summed E-state index contributed by atoms with van der Waals surface area (Å²) in [6, 6.07) is 6.85. The number of benzene rings is 1. The number of hydrogen-bond acceptors (Lipinski definition) is 9. The molecule has 4 heterocycles. The van der Waals surface area contributed by atoms with Crippen molar-refractivity contribution >= 4 is 11.9 Å². The number of pyridine rings is 1. The maximum atomic E-state index is 14.3. The summed E-state index contributed by atoms with van der Waals surface area (Å²) in [6.07, 6.45) is 3.22. The summed E-state index contributed by atoms with van der Waals surface area (Å²) in [5.74, 6) is 0.328. The van der Waals surface area contributed by atoms with Crippen molar-refractivity contribution in [1.82, 2.24) is 20.0 Å². The molecular formula is C29H38F2N6O4. The lowest BCUT2D eigenvalue weighted by Crippen LogP contribution is -2.48. The van der Waals surface area contributed by atoms with Crippen LogP contribution >= 0.6 is 0 Å². The SMILES string of the molecule is C.CC(C)OC(=O)N1CCC(OCc2nc(-c3ccc(N4CC[C@H](c5cc(F)ccc5F)[C@@H](N)C4)nc3)no2)CC1. The van der Waals surface area contributed by atoms with E-state index in [1.54, 1.807) is 11.1 Å². The Hall–Kier alpha value is -3.64. The Labute approximate surface area is 238 Å². The second-order valence-corrected chi connectivity index (χ2v) is 10.5. The molecule has 2 aliphatic heterocycles. The van der Waals surface area contributed by atoms with E-state index >= 15 is 0 Å². The van der Waals surface area contributed by atoms with Gasteiger partial charge in [-0.15, -0.1) is 0 Å². The Morgan fingerprint density at radius 3 is 2.61 bits per heavy atom. The molecule has 2 N–H and O–H groups in total. The number of amides is 1. The fraction of sp³-hybridized carbons (Fsp3) is 0.517. The van der Waals surface area contributed by atoms with Crippen LogP contribution in [0.2, 0.25) is 0 Å². The van der Waals surface area contributed by atoms with E-state index in [2.05, 4.69) is 15.1 Å². The van der Waals surface area contributed by atoms with E-state index in [1.165, 1.54) is 6.07 Å². The van der Waals surface area contributed by atoms with E-state index in [0.717, 1.165) is 18.0 Å². The number of nitrogens with zero attached hydrogens (tertiary/aromatic N) is 5. The molecule has 2 fully saturated rings. The molecule has 222 valence electrons. The first-order valence-corrected chi connectivity index (χ1v) is 13.6. The molecule has 10 nitrogen and oxygen atoms in total. The van der Waals surface area contributed by atoms with Crippen LogP contribution in [0.25, 0.3) is 11.4 Å². The fourth-order valence-corrected chi connectivity index (χ4v) is 5.18. The molecular weight excluding hydrogens is 534 g/mol. The monoisotopic (exact) mass is 572 g/mol. The van der Waals surface area contributed by atoms with E-state index in [1.807, 2.05) is 30.9 Å². The lowest BCUT2D eigenvalue weighted by atomic mass is 9.85. The van der Waals surface area contributed by atoms with Gasteiger partial charge < -0.3 is 29.5 Å². The van der Waals surface area contributed by atoms with Crippen molar-refractivity contribution in [3.63, 3.8) is 0 Å².